The average Bonchev–Trinajstić information content (AvgIpc) is 2.34. The molecule has 1 aromatic heterocycles. The van der Waals surface area contributed by atoms with Crippen molar-refractivity contribution in [2.75, 3.05) is 32.7 Å². The molecule has 0 bridgehead atoms. The van der Waals surface area contributed by atoms with Crippen molar-refractivity contribution >= 4 is 37.8 Å². The van der Waals surface area contributed by atoms with Gasteiger partial charge in [-0.1, -0.05) is 0 Å². The Morgan fingerprint density at radius 3 is 2.47 bits per heavy atom. The molecule has 7 heteroatoms. The van der Waals surface area contributed by atoms with Crippen LogP contribution in [0.15, 0.2) is 21.2 Å². The Labute approximate surface area is 128 Å². The minimum atomic E-state index is -0.759. The van der Waals surface area contributed by atoms with Crippen molar-refractivity contribution in [2.24, 2.45) is 0 Å². The number of halogens is 2. The molecule has 1 saturated heterocycles. The van der Waals surface area contributed by atoms with Crippen LogP contribution in [0.5, 0.6) is 0 Å². The third kappa shape index (κ3) is 4.52. The Balaban J connectivity index is 1.87. The van der Waals surface area contributed by atoms with Crippen LogP contribution in [0.1, 0.15) is 5.69 Å². The van der Waals surface area contributed by atoms with Crippen molar-refractivity contribution in [1.82, 2.24) is 14.8 Å². The number of pyridine rings is 1. The average molecular weight is 393 g/mol. The van der Waals surface area contributed by atoms with Crippen LogP contribution in [0.2, 0.25) is 0 Å². The molecule has 1 aliphatic heterocycles. The van der Waals surface area contributed by atoms with E-state index in [4.69, 9.17) is 5.11 Å². The fourth-order valence-corrected chi connectivity index (χ4v) is 3.18. The molecule has 0 unspecified atom stereocenters. The van der Waals surface area contributed by atoms with Gasteiger partial charge in [0.05, 0.1) is 12.2 Å². The molecule has 2 rings (SSSR count). The highest BCUT2D eigenvalue weighted by atomic mass is 79.9. The minimum Gasteiger partial charge on any atom is -0.480 e. The van der Waals surface area contributed by atoms with Gasteiger partial charge in [0.25, 0.3) is 0 Å². The minimum absolute atomic E-state index is 0.133. The standard InChI is InChI=1S/C12H15Br2N3O2/c13-9-5-10(14)11(15-6-9)7-16-1-3-17(4-2-16)8-12(18)19/h5-6H,1-4,7-8H2,(H,18,19). The molecule has 0 radical (unpaired) electrons. The number of carboxylic acids is 1. The van der Waals surface area contributed by atoms with Gasteiger partial charge in [0.2, 0.25) is 0 Å². The van der Waals surface area contributed by atoms with Crippen LogP contribution in [-0.4, -0.2) is 58.6 Å². The maximum Gasteiger partial charge on any atom is 0.317 e. The number of piperazine rings is 1. The zero-order valence-electron chi connectivity index (χ0n) is 10.4. The molecule has 0 spiro atoms. The van der Waals surface area contributed by atoms with Crippen LogP contribution >= 0.6 is 31.9 Å². The van der Waals surface area contributed by atoms with Crippen LogP contribution in [0.3, 0.4) is 0 Å². The summed E-state index contributed by atoms with van der Waals surface area (Å²) in [5.74, 6) is -0.759. The lowest BCUT2D eigenvalue weighted by atomic mass is 10.2. The van der Waals surface area contributed by atoms with Gasteiger partial charge in [0.15, 0.2) is 0 Å². The molecule has 0 aromatic carbocycles. The van der Waals surface area contributed by atoms with Gasteiger partial charge in [0, 0.05) is 47.9 Å². The highest BCUT2D eigenvalue weighted by Gasteiger charge is 2.19. The zero-order chi connectivity index (χ0) is 13.8. The Morgan fingerprint density at radius 1 is 1.26 bits per heavy atom. The number of aromatic nitrogens is 1. The third-order valence-electron chi connectivity index (χ3n) is 3.08. The molecule has 0 aliphatic carbocycles. The van der Waals surface area contributed by atoms with E-state index >= 15 is 0 Å². The summed E-state index contributed by atoms with van der Waals surface area (Å²) in [5.41, 5.74) is 1.01. The molecular weight excluding hydrogens is 378 g/mol. The smallest absolute Gasteiger partial charge is 0.317 e. The number of carboxylic acid groups (broad SMARTS) is 1. The van der Waals surface area contributed by atoms with Gasteiger partial charge in [-0.3, -0.25) is 19.6 Å². The van der Waals surface area contributed by atoms with Gasteiger partial charge in [-0.05, 0) is 37.9 Å². The Kier molecular flexibility index (Phi) is 5.32. The Hall–Kier alpha value is -0.500. The quantitative estimate of drug-likeness (QED) is 0.846. The van der Waals surface area contributed by atoms with E-state index in [1.165, 1.54) is 0 Å². The number of carbonyl (C=O) groups is 1. The van der Waals surface area contributed by atoms with Gasteiger partial charge in [-0.15, -0.1) is 0 Å². The first-order valence-corrected chi connectivity index (χ1v) is 7.59. The first kappa shape index (κ1) is 14.9. The summed E-state index contributed by atoms with van der Waals surface area (Å²) in [6.07, 6.45) is 1.79. The molecule has 1 aliphatic rings. The van der Waals surface area contributed by atoms with Crippen molar-refractivity contribution in [3.05, 3.63) is 26.9 Å². The predicted octanol–water partition coefficient (Wildman–Crippen LogP) is 1.81. The lowest BCUT2D eigenvalue weighted by Gasteiger charge is -2.33. The SMILES string of the molecule is O=C(O)CN1CCN(Cc2ncc(Br)cc2Br)CC1. The fraction of sp³-hybridized carbons (Fsp3) is 0.500. The number of hydrogen-bond donors (Lipinski definition) is 1. The van der Waals surface area contributed by atoms with Crippen molar-refractivity contribution in [2.45, 2.75) is 6.54 Å². The van der Waals surface area contributed by atoms with E-state index in [9.17, 15) is 4.79 Å². The summed E-state index contributed by atoms with van der Waals surface area (Å²) in [4.78, 5) is 19.3. The maximum atomic E-state index is 10.6. The molecule has 104 valence electrons. The lowest BCUT2D eigenvalue weighted by Crippen LogP contribution is -2.47. The van der Waals surface area contributed by atoms with Crippen molar-refractivity contribution < 1.29 is 9.90 Å². The normalized spacial score (nSPS) is 17.6. The summed E-state index contributed by atoms with van der Waals surface area (Å²) in [7, 11) is 0. The fourth-order valence-electron chi connectivity index (χ4n) is 2.07. The molecule has 0 atom stereocenters. The number of rotatable bonds is 4. The van der Waals surface area contributed by atoms with Crippen LogP contribution in [-0.2, 0) is 11.3 Å². The van der Waals surface area contributed by atoms with Gasteiger partial charge in [-0.2, -0.15) is 0 Å². The molecule has 1 N–H and O–H groups in total. The van der Waals surface area contributed by atoms with Gasteiger partial charge < -0.3 is 5.11 Å². The van der Waals surface area contributed by atoms with Crippen molar-refractivity contribution in [3.63, 3.8) is 0 Å². The molecule has 0 amide bonds. The van der Waals surface area contributed by atoms with Crippen molar-refractivity contribution in [1.29, 1.82) is 0 Å². The Morgan fingerprint density at radius 2 is 1.89 bits per heavy atom. The first-order valence-electron chi connectivity index (χ1n) is 6.01. The van der Waals surface area contributed by atoms with E-state index in [-0.39, 0.29) is 6.54 Å². The van der Waals surface area contributed by atoms with E-state index in [0.717, 1.165) is 47.4 Å². The summed E-state index contributed by atoms with van der Waals surface area (Å²) in [5, 5.41) is 8.75. The summed E-state index contributed by atoms with van der Waals surface area (Å²) in [6, 6.07) is 1.99. The monoisotopic (exact) mass is 391 g/mol. The van der Waals surface area contributed by atoms with E-state index in [1.807, 2.05) is 11.0 Å². The summed E-state index contributed by atoms with van der Waals surface area (Å²) in [6.45, 7) is 4.25. The molecule has 1 aromatic rings. The first-order chi connectivity index (χ1) is 9.04. The highest BCUT2D eigenvalue weighted by Crippen LogP contribution is 2.21. The van der Waals surface area contributed by atoms with Gasteiger partial charge >= 0.3 is 5.97 Å². The van der Waals surface area contributed by atoms with Crippen molar-refractivity contribution in [3.8, 4) is 0 Å². The maximum absolute atomic E-state index is 10.6. The number of hydrogen-bond acceptors (Lipinski definition) is 4. The number of nitrogens with zero attached hydrogens (tertiary/aromatic N) is 3. The molecule has 19 heavy (non-hydrogen) atoms. The second-order valence-corrected chi connectivity index (χ2v) is 6.30. The third-order valence-corrected chi connectivity index (χ3v) is 4.20. The Bertz CT molecular complexity index is 462. The molecule has 1 fully saturated rings. The van der Waals surface area contributed by atoms with E-state index < -0.39 is 5.97 Å². The second kappa shape index (κ2) is 6.78. The zero-order valence-corrected chi connectivity index (χ0v) is 13.5. The summed E-state index contributed by atoms with van der Waals surface area (Å²) >= 11 is 6.90. The second-order valence-electron chi connectivity index (χ2n) is 4.53. The van der Waals surface area contributed by atoms with Crippen LogP contribution in [0, 0.1) is 0 Å². The molecule has 2 heterocycles. The number of aliphatic carboxylic acids is 1. The van der Waals surface area contributed by atoms with Gasteiger partial charge in [-0.25, -0.2) is 0 Å². The topological polar surface area (TPSA) is 56.7 Å². The van der Waals surface area contributed by atoms with Crippen LogP contribution < -0.4 is 0 Å². The van der Waals surface area contributed by atoms with Crippen LogP contribution in [0.25, 0.3) is 0 Å². The van der Waals surface area contributed by atoms with E-state index in [0.29, 0.717) is 0 Å². The van der Waals surface area contributed by atoms with Crippen LogP contribution in [0.4, 0.5) is 0 Å². The van der Waals surface area contributed by atoms with E-state index in [1.54, 1.807) is 6.20 Å². The predicted molar refractivity (Wildman–Crippen MR) is 79.0 cm³/mol. The highest BCUT2D eigenvalue weighted by molar-refractivity contribution is 9.11. The largest absolute Gasteiger partial charge is 0.480 e. The molecule has 5 nitrogen and oxygen atoms in total. The molecule has 0 saturated carbocycles. The summed E-state index contributed by atoms with van der Waals surface area (Å²) < 4.78 is 1.95. The van der Waals surface area contributed by atoms with Gasteiger partial charge in [0.1, 0.15) is 0 Å². The van der Waals surface area contributed by atoms with E-state index in [2.05, 4.69) is 41.7 Å². The molecular formula is C12H15Br2N3O2. The lowest BCUT2D eigenvalue weighted by molar-refractivity contribution is -0.138.